The van der Waals surface area contributed by atoms with Crippen molar-refractivity contribution in [2.45, 2.75) is 159 Å². The van der Waals surface area contributed by atoms with Crippen molar-refractivity contribution < 1.29 is 48.1 Å². The van der Waals surface area contributed by atoms with Gasteiger partial charge in [-0.2, -0.15) is 0 Å². The number of aromatic nitrogens is 1. The summed E-state index contributed by atoms with van der Waals surface area (Å²) >= 11 is 0. The van der Waals surface area contributed by atoms with E-state index in [1.165, 1.54) is 19.1 Å². The predicted molar refractivity (Wildman–Crippen MR) is 265 cm³/mol. The van der Waals surface area contributed by atoms with Crippen LogP contribution in [0.4, 0.5) is 4.79 Å². The SMILES string of the molecule is CCC(C)C(C(CC(=O)N1CCC[C@@H]1C(OC)C(C)C(=O)NC(Cc1ccccc1)C(=O)O)OC)N(C)C(=O)C(NC(=O)C(C(C)C)N(C)C(=O)O[C@H]1CCC[C@@H]1SSc1ccccn1)C(C)C. The van der Waals surface area contributed by atoms with E-state index in [1.807, 2.05) is 77.9 Å². The third-order valence-corrected chi connectivity index (χ3v) is 16.4. The smallest absolute Gasteiger partial charge is 0.410 e. The molecule has 0 spiro atoms. The van der Waals surface area contributed by atoms with E-state index >= 15 is 0 Å². The van der Waals surface area contributed by atoms with Crippen LogP contribution in [0.2, 0.25) is 0 Å². The van der Waals surface area contributed by atoms with Crippen LogP contribution in [0.25, 0.3) is 0 Å². The Bertz CT molecular complexity index is 1950. The second-order valence-electron chi connectivity index (χ2n) is 18.9. The summed E-state index contributed by atoms with van der Waals surface area (Å²) in [6.07, 6.45) is 3.82. The minimum absolute atomic E-state index is 0.0701. The van der Waals surface area contributed by atoms with Gasteiger partial charge < -0.3 is 39.8 Å². The summed E-state index contributed by atoms with van der Waals surface area (Å²) < 4.78 is 18.0. The Morgan fingerprint density at radius 2 is 1.54 bits per heavy atom. The van der Waals surface area contributed by atoms with Crippen LogP contribution < -0.4 is 10.6 Å². The molecule has 1 aliphatic heterocycles. The molecule has 2 aromatic rings. The molecule has 2 heterocycles. The standard InChI is InChI=1S/C50H76N6O10S2/c1-12-32(6)44(38(64-10)29-41(57)56-27-19-22-36(56)45(65-11)33(7)46(58)52-35(49(61)62)28-34-20-14-13-15-21-34)54(8)48(60)42(30(2)3)53-47(59)43(31(4)5)55(9)50(63)66-37-23-18-24-39(37)67-68-40-25-16-17-26-51-40/h13-17,20-21,25-26,30-33,35-39,42-45H,12,18-19,22-24,27-29H2,1-11H3,(H,52,58)(H,53,59)(H,61,62)/t32?,33?,35?,36-,37+,38?,39+,42?,43?,44?,45?/m1/s1. The number of carboxylic acid groups (broad SMARTS) is 1. The van der Waals surface area contributed by atoms with E-state index in [9.17, 15) is 33.9 Å². The Morgan fingerprint density at radius 3 is 2.13 bits per heavy atom. The van der Waals surface area contributed by atoms with Gasteiger partial charge in [-0.1, -0.05) is 102 Å². The van der Waals surface area contributed by atoms with Gasteiger partial charge in [0.15, 0.2) is 0 Å². The lowest BCUT2D eigenvalue weighted by Crippen LogP contribution is -2.60. The van der Waals surface area contributed by atoms with Gasteiger partial charge in [0, 0.05) is 47.5 Å². The quantitative estimate of drug-likeness (QED) is 0.0889. The number of nitrogens with zero attached hydrogens (tertiary/aromatic N) is 4. The van der Waals surface area contributed by atoms with Crippen molar-refractivity contribution in [2.75, 3.05) is 34.9 Å². The van der Waals surface area contributed by atoms with E-state index in [1.54, 1.807) is 70.7 Å². The zero-order valence-corrected chi connectivity index (χ0v) is 43.4. The molecule has 3 N–H and O–H groups in total. The van der Waals surface area contributed by atoms with Crippen LogP contribution in [0, 0.1) is 23.7 Å². The second-order valence-corrected chi connectivity index (χ2v) is 21.4. The summed E-state index contributed by atoms with van der Waals surface area (Å²) in [6.45, 7) is 13.5. The molecular weight excluding hydrogens is 909 g/mol. The van der Waals surface area contributed by atoms with E-state index in [-0.39, 0.29) is 53.8 Å². The number of aliphatic carboxylic acids is 1. The molecule has 8 unspecified atom stereocenters. The first-order chi connectivity index (χ1) is 32.3. The molecule has 1 aromatic heterocycles. The number of carbonyl (C=O) groups excluding carboxylic acids is 5. The molecule has 4 rings (SSSR count). The number of amides is 5. The maximum atomic E-state index is 14.7. The van der Waals surface area contributed by atoms with E-state index in [0.717, 1.165) is 29.9 Å². The Balaban J connectivity index is 1.44. The molecule has 1 aromatic carbocycles. The number of rotatable bonds is 25. The van der Waals surface area contributed by atoms with Crippen molar-refractivity contribution in [3.63, 3.8) is 0 Å². The van der Waals surface area contributed by atoms with Gasteiger partial charge in [-0.3, -0.25) is 24.1 Å². The summed E-state index contributed by atoms with van der Waals surface area (Å²) in [4.78, 5) is 91.8. The van der Waals surface area contributed by atoms with Crippen molar-refractivity contribution in [1.29, 1.82) is 0 Å². The van der Waals surface area contributed by atoms with E-state index in [4.69, 9.17) is 14.2 Å². The lowest BCUT2D eigenvalue weighted by Gasteiger charge is -2.41. The first kappa shape index (κ1) is 56.2. The van der Waals surface area contributed by atoms with Gasteiger partial charge in [-0.25, -0.2) is 14.6 Å². The van der Waals surface area contributed by atoms with Crippen LogP contribution in [-0.2, 0) is 44.6 Å². The first-order valence-electron chi connectivity index (χ1n) is 24.0. The largest absolute Gasteiger partial charge is 0.480 e. The highest BCUT2D eigenvalue weighted by atomic mass is 33.1. The monoisotopic (exact) mass is 985 g/mol. The van der Waals surface area contributed by atoms with Gasteiger partial charge in [-0.05, 0) is 78.3 Å². The lowest BCUT2D eigenvalue weighted by molar-refractivity contribution is -0.148. The summed E-state index contributed by atoms with van der Waals surface area (Å²) in [5, 5.41) is 16.6. The highest BCUT2D eigenvalue weighted by molar-refractivity contribution is 8.76. The molecular formula is C50H76N6O10S2. The number of hydrogen-bond acceptors (Lipinski definition) is 12. The van der Waals surface area contributed by atoms with Crippen LogP contribution >= 0.6 is 21.6 Å². The van der Waals surface area contributed by atoms with Crippen molar-refractivity contribution in [3.8, 4) is 0 Å². The molecule has 1 saturated heterocycles. The number of nitrogens with one attached hydrogen (secondary N) is 2. The predicted octanol–water partition coefficient (Wildman–Crippen LogP) is 6.71. The average molecular weight is 985 g/mol. The van der Waals surface area contributed by atoms with Crippen molar-refractivity contribution in [2.24, 2.45) is 23.7 Å². The van der Waals surface area contributed by atoms with E-state index < -0.39 is 72.2 Å². The Hall–Kier alpha value is -4.39. The Morgan fingerprint density at radius 1 is 0.853 bits per heavy atom. The molecule has 0 bridgehead atoms. The average Bonchev–Trinajstić information content (AvgIpc) is 3.99. The van der Waals surface area contributed by atoms with Crippen LogP contribution in [0.5, 0.6) is 0 Å². The van der Waals surface area contributed by atoms with Gasteiger partial charge in [0.25, 0.3) is 0 Å². The number of likely N-dealkylation sites (N-methyl/N-ethyl adjacent to an activating group) is 2. The van der Waals surface area contributed by atoms with E-state index in [2.05, 4.69) is 15.6 Å². The minimum atomic E-state index is -1.15. The summed E-state index contributed by atoms with van der Waals surface area (Å²) in [5.74, 6) is -4.29. The number of carboxylic acids is 1. The van der Waals surface area contributed by atoms with Gasteiger partial charge in [-0.15, -0.1) is 0 Å². The molecule has 0 radical (unpaired) electrons. The molecule has 378 valence electrons. The number of methoxy groups -OCH3 is 2. The topological polar surface area (TPSA) is 197 Å². The third kappa shape index (κ3) is 15.1. The molecule has 1 saturated carbocycles. The normalized spacial score (nSPS) is 20.7. The van der Waals surface area contributed by atoms with Crippen LogP contribution in [0.3, 0.4) is 0 Å². The molecule has 18 heteroatoms. The molecule has 1 aliphatic carbocycles. The van der Waals surface area contributed by atoms with E-state index in [0.29, 0.717) is 25.8 Å². The van der Waals surface area contributed by atoms with Gasteiger partial charge in [0.2, 0.25) is 23.6 Å². The van der Waals surface area contributed by atoms with Gasteiger partial charge in [0.05, 0.1) is 41.9 Å². The zero-order valence-electron chi connectivity index (χ0n) is 41.8. The fourth-order valence-corrected chi connectivity index (χ4v) is 12.2. The number of pyridine rings is 1. The zero-order chi connectivity index (χ0) is 50.2. The highest BCUT2D eigenvalue weighted by Crippen LogP contribution is 2.42. The molecule has 2 fully saturated rings. The Kier molecular flexibility index (Phi) is 22.4. The molecule has 2 aliphatic rings. The van der Waals surface area contributed by atoms with Crippen molar-refractivity contribution >= 4 is 57.3 Å². The van der Waals surface area contributed by atoms with Gasteiger partial charge >= 0.3 is 12.1 Å². The maximum Gasteiger partial charge on any atom is 0.410 e. The number of ether oxygens (including phenoxy) is 3. The fraction of sp³-hybridized carbons (Fsp3) is 0.660. The maximum absolute atomic E-state index is 14.7. The highest BCUT2D eigenvalue weighted by Gasteiger charge is 2.44. The molecule has 68 heavy (non-hydrogen) atoms. The van der Waals surface area contributed by atoms with Crippen LogP contribution in [0.1, 0.15) is 99.0 Å². The number of likely N-dealkylation sites (tertiary alicyclic amines) is 1. The van der Waals surface area contributed by atoms with Crippen LogP contribution in [-0.4, -0.2) is 149 Å². The minimum Gasteiger partial charge on any atom is -0.480 e. The van der Waals surface area contributed by atoms with Crippen molar-refractivity contribution in [3.05, 3.63) is 60.3 Å². The second kappa shape index (κ2) is 27.1. The molecule has 5 amide bonds. The number of benzene rings is 1. The first-order valence-corrected chi connectivity index (χ1v) is 26.2. The summed E-state index contributed by atoms with van der Waals surface area (Å²) in [6, 6.07) is 10.7. The fourth-order valence-electron chi connectivity index (χ4n) is 9.53. The number of carbonyl (C=O) groups is 6. The third-order valence-electron chi connectivity index (χ3n) is 13.5. The van der Waals surface area contributed by atoms with Crippen molar-refractivity contribution in [1.82, 2.24) is 30.3 Å². The summed E-state index contributed by atoms with van der Waals surface area (Å²) in [7, 11) is 9.42. The Labute approximate surface area is 411 Å². The van der Waals surface area contributed by atoms with Gasteiger partial charge in [0.1, 0.15) is 29.3 Å². The molecule has 11 atom stereocenters. The summed E-state index contributed by atoms with van der Waals surface area (Å²) in [5.41, 5.74) is 0.769. The van der Waals surface area contributed by atoms with Crippen LogP contribution in [0.15, 0.2) is 59.8 Å². The molecule has 16 nitrogen and oxygen atoms in total. The lowest BCUT2D eigenvalue weighted by atomic mass is 9.89. The number of hydrogen-bond donors (Lipinski definition) is 3.